The third kappa shape index (κ3) is 3.44. The molecule has 0 saturated heterocycles. The topological polar surface area (TPSA) is 29.1 Å². The first-order chi connectivity index (χ1) is 11.5. The molecule has 1 N–H and O–H groups in total. The fourth-order valence-electron chi connectivity index (χ4n) is 2.63. The minimum absolute atomic E-state index is 0.0389. The van der Waals surface area contributed by atoms with Crippen LogP contribution in [-0.4, -0.2) is 5.91 Å². The standard InChI is InChI=1S/C19H17Cl2NOS/c1-3-15(12-6-4-11(2)5-7-12)22-19(23)18-17(21)14-9-8-13(20)10-16(14)24-18/h4-10,15H,3H2,1-2H3,(H,22,23). The number of amides is 1. The summed E-state index contributed by atoms with van der Waals surface area (Å²) >= 11 is 13.8. The van der Waals surface area contributed by atoms with Crippen LogP contribution in [0.25, 0.3) is 10.1 Å². The molecule has 1 aromatic heterocycles. The van der Waals surface area contributed by atoms with Gasteiger partial charge in [0.1, 0.15) is 4.88 Å². The number of thiophene rings is 1. The second-order valence-corrected chi connectivity index (χ2v) is 7.60. The Balaban J connectivity index is 1.88. The van der Waals surface area contributed by atoms with Gasteiger partial charge >= 0.3 is 0 Å². The minimum Gasteiger partial charge on any atom is -0.345 e. The molecule has 0 fully saturated rings. The highest BCUT2D eigenvalue weighted by atomic mass is 35.5. The largest absolute Gasteiger partial charge is 0.345 e. The van der Waals surface area contributed by atoms with Crippen molar-refractivity contribution in [3.8, 4) is 0 Å². The SMILES string of the molecule is CCC(NC(=O)c1sc2cc(Cl)ccc2c1Cl)c1ccc(C)cc1. The number of hydrogen-bond acceptors (Lipinski definition) is 2. The highest BCUT2D eigenvalue weighted by molar-refractivity contribution is 7.21. The molecule has 1 unspecified atom stereocenters. The molecule has 3 rings (SSSR count). The molecular formula is C19H17Cl2NOS. The van der Waals surface area contributed by atoms with E-state index in [2.05, 4.69) is 36.5 Å². The van der Waals surface area contributed by atoms with Gasteiger partial charge in [0.15, 0.2) is 0 Å². The average molecular weight is 378 g/mol. The van der Waals surface area contributed by atoms with E-state index in [0.717, 1.165) is 22.1 Å². The van der Waals surface area contributed by atoms with Crippen LogP contribution in [-0.2, 0) is 0 Å². The highest BCUT2D eigenvalue weighted by Gasteiger charge is 2.20. The predicted octanol–water partition coefficient (Wildman–Crippen LogP) is 6.40. The molecule has 0 aliphatic heterocycles. The summed E-state index contributed by atoms with van der Waals surface area (Å²) in [6, 6.07) is 13.6. The van der Waals surface area contributed by atoms with E-state index in [9.17, 15) is 4.79 Å². The van der Waals surface area contributed by atoms with E-state index in [4.69, 9.17) is 23.2 Å². The van der Waals surface area contributed by atoms with E-state index in [1.54, 1.807) is 6.07 Å². The van der Waals surface area contributed by atoms with Crippen molar-refractivity contribution in [2.45, 2.75) is 26.3 Å². The van der Waals surface area contributed by atoms with E-state index in [-0.39, 0.29) is 11.9 Å². The normalized spacial score (nSPS) is 12.3. The third-order valence-electron chi connectivity index (χ3n) is 3.99. The molecule has 0 bridgehead atoms. The first kappa shape index (κ1) is 17.3. The van der Waals surface area contributed by atoms with E-state index in [1.165, 1.54) is 16.9 Å². The number of rotatable bonds is 4. The van der Waals surface area contributed by atoms with Crippen LogP contribution in [0.1, 0.15) is 40.2 Å². The van der Waals surface area contributed by atoms with Gasteiger partial charge in [0.05, 0.1) is 11.1 Å². The first-order valence-electron chi connectivity index (χ1n) is 7.74. The van der Waals surface area contributed by atoms with Crippen LogP contribution < -0.4 is 5.32 Å². The van der Waals surface area contributed by atoms with Crippen molar-refractivity contribution in [2.75, 3.05) is 0 Å². The second-order valence-electron chi connectivity index (χ2n) is 5.73. The van der Waals surface area contributed by atoms with Gasteiger partial charge in [-0.1, -0.05) is 66.0 Å². The summed E-state index contributed by atoms with van der Waals surface area (Å²) in [7, 11) is 0. The molecule has 1 atom stereocenters. The van der Waals surface area contributed by atoms with Gasteiger partial charge < -0.3 is 5.32 Å². The van der Waals surface area contributed by atoms with E-state index in [0.29, 0.717) is 14.9 Å². The van der Waals surface area contributed by atoms with Gasteiger partial charge in [-0.25, -0.2) is 0 Å². The second kappa shape index (κ2) is 7.14. The number of carbonyl (C=O) groups is 1. The quantitative estimate of drug-likeness (QED) is 0.559. The smallest absolute Gasteiger partial charge is 0.263 e. The van der Waals surface area contributed by atoms with Gasteiger partial charge in [-0.3, -0.25) is 4.79 Å². The van der Waals surface area contributed by atoms with Crippen molar-refractivity contribution in [3.05, 3.63) is 68.5 Å². The third-order valence-corrected chi connectivity index (χ3v) is 5.88. The maximum atomic E-state index is 12.7. The van der Waals surface area contributed by atoms with Gasteiger partial charge in [0.25, 0.3) is 5.91 Å². The number of hydrogen-bond donors (Lipinski definition) is 1. The molecule has 2 nitrogen and oxygen atoms in total. The lowest BCUT2D eigenvalue weighted by atomic mass is 10.0. The summed E-state index contributed by atoms with van der Waals surface area (Å²) in [5.74, 6) is -0.148. The zero-order chi connectivity index (χ0) is 17.3. The Hall–Kier alpha value is -1.55. The van der Waals surface area contributed by atoms with Crippen LogP contribution in [0.3, 0.4) is 0 Å². The fourth-order valence-corrected chi connectivity index (χ4v) is 4.32. The average Bonchev–Trinajstić information content (AvgIpc) is 2.89. The monoisotopic (exact) mass is 377 g/mol. The Morgan fingerprint density at radius 1 is 1.17 bits per heavy atom. The summed E-state index contributed by atoms with van der Waals surface area (Å²) in [4.78, 5) is 13.2. The van der Waals surface area contributed by atoms with Crippen LogP contribution >= 0.6 is 34.5 Å². The van der Waals surface area contributed by atoms with Gasteiger partial charge in [-0.05, 0) is 31.0 Å². The zero-order valence-electron chi connectivity index (χ0n) is 13.4. The molecule has 2 aromatic carbocycles. The molecule has 24 heavy (non-hydrogen) atoms. The molecule has 0 saturated carbocycles. The highest BCUT2D eigenvalue weighted by Crippen LogP contribution is 2.37. The van der Waals surface area contributed by atoms with Crippen LogP contribution in [0.2, 0.25) is 10.0 Å². The van der Waals surface area contributed by atoms with Crippen LogP contribution in [0.5, 0.6) is 0 Å². The molecule has 0 aliphatic rings. The fraction of sp³-hybridized carbons (Fsp3) is 0.211. The number of carbonyl (C=O) groups excluding carboxylic acids is 1. The van der Waals surface area contributed by atoms with Crippen LogP contribution in [0, 0.1) is 6.92 Å². The van der Waals surface area contributed by atoms with Crippen LogP contribution in [0.15, 0.2) is 42.5 Å². The molecule has 1 heterocycles. The van der Waals surface area contributed by atoms with Gasteiger partial charge in [-0.2, -0.15) is 0 Å². The lowest BCUT2D eigenvalue weighted by molar-refractivity contribution is 0.0940. The molecular weight excluding hydrogens is 361 g/mol. The molecule has 0 aliphatic carbocycles. The Morgan fingerprint density at radius 2 is 1.88 bits per heavy atom. The Labute approximate surface area is 155 Å². The predicted molar refractivity (Wildman–Crippen MR) is 104 cm³/mol. The van der Waals surface area contributed by atoms with E-state index in [1.807, 2.05) is 19.1 Å². The summed E-state index contributed by atoms with van der Waals surface area (Å²) in [5, 5.41) is 5.08. The number of halogens is 2. The number of benzene rings is 2. The van der Waals surface area contributed by atoms with Crippen molar-refractivity contribution in [2.24, 2.45) is 0 Å². The maximum Gasteiger partial charge on any atom is 0.263 e. The zero-order valence-corrected chi connectivity index (χ0v) is 15.7. The van der Waals surface area contributed by atoms with Crippen molar-refractivity contribution in [3.63, 3.8) is 0 Å². The number of fused-ring (bicyclic) bond motifs is 1. The first-order valence-corrected chi connectivity index (χ1v) is 9.31. The molecule has 5 heteroatoms. The summed E-state index contributed by atoms with van der Waals surface area (Å²) in [6.07, 6.45) is 0.809. The Kier molecular flexibility index (Phi) is 5.14. The van der Waals surface area contributed by atoms with E-state index >= 15 is 0 Å². The van der Waals surface area contributed by atoms with Gasteiger partial charge in [-0.15, -0.1) is 11.3 Å². The molecule has 3 aromatic rings. The maximum absolute atomic E-state index is 12.7. The lowest BCUT2D eigenvalue weighted by Gasteiger charge is -2.17. The Morgan fingerprint density at radius 3 is 2.54 bits per heavy atom. The summed E-state index contributed by atoms with van der Waals surface area (Å²) < 4.78 is 0.918. The van der Waals surface area contributed by atoms with Crippen molar-refractivity contribution >= 4 is 50.5 Å². The van der Waals surface area contributed by atoms with Crippen molar-refractivity contribution in [1.29, 1.82) is 0 Å². The van der Waals surface area contributed by atoms with E-state index < -0.39 is 0 Å². The van der Waals surface area contributed by atoms with Gasteiger partial charge in [0.2, 0.25) is 0 Å². The summed E-state index contributed by atoms with van der Waals surface area (Å²) in [5.41, 5.74) is 2.29. The van der Waals surface area contributed by atoms with Gasteiger partial charge in [0, 0.05) is 15.1 Å². The molecule has 0 spiro atoms. The number of aryl methyl sites for hydroxylation is 1. The number of nitrogens with one attached hydrogen (secondary N) is 1. The van der Waals surface area contributed by atoms with Crippen molar-refractivity contribution < 1.29 is 4.79 Å². The molecule has 0 radical (unpaired) electrons. The minimum atomic E-state index is -0.148. The Bertz CT molecular complexity index is 886. The lowest BCUT2D eigenvalue weighted by Crippen LogP contribution is -2.27. The van der Waals surface area contributed by atoms with Crippen LogP contribution in [0.4, 0.5) is 0 Å². The van der Waals surface area contributed by atoms with Crippen molar-refractivity contribution in [1.82, 2.24) is 5.32 Å². The summed E-state index contributed by atoms with van der Waals surface area (Å²) in [6.45, 7) is 4.10. The molecule has 124 valence electrons. The molecule has 1 amide bonds.